The molecule has 0 atom stereocenters. The molecule has 2 aromatic carbocycles. The molecule has 28 heavy (non-hydrogen) atoms. The van der Waals surface area contributed by atoms with Gasteiger partial charge in [-0.15, -0.1) is 0 Å². The summed E-state index contributed by atoms with van der Waals surface area (Å²) in [4.78, 5) is 11.7. The number of carbonyl (C=O) groups is 1. The van der Waals surface area contributed by atoms with Crippen LogP contribution in [0.5, 0.6) is 5.75 Å². The van der Waals surface area contributed by atoms with E-state index in [-0.39, 0.29) is 5.97 Å². The molecule has 152 valence electrons. The van der Waals surface area contributed by atoms with Gasteiger partial charge in [0, 0.05) is 10.9 Å². The third kappa shape index (κ3) is 6.66. The minimum absolute atomic E-state index is 0.128. The van der Waals surface area contributed by atoms with Crippen LogP contribution in [0.4, 0.5) is 0 Å². The van der Waals surface area contributed by atoms with Crippen molar-refractivity contribution in [1.29, 1.82) is 0 Å². The lowest BCUT2D eigenvalue weighted by atomic mass is 9.87. The molecular formula is C24H31BrO3. The molecule has 0 aliphatic rings. The molecule has 0 bridgehead atoms. The molecular weight excluding hydrogens is 416 g/mol. The fourth-order valence-corrected chi connectivity index (χ4v) is 3.56. The lowest BCUT2D eigenvalue weighted by Gasteiger charge is -2.21. The maximum Gasteiger partial charge on any atom is 0.311 e. The van der Waals surface area contributed by atoms with E-state index in [1.54, 1.807) is 0 Å². The van der Waals surface area contributed by atoms with Crippen LogP contribution in [0.15, 0.2) is 48.5 Å². The van der Waals surface area contributed by atoms with Crippen molar-refractivity contribution in [3.8, 4) is 16.9 Å². The molecule has 0 saturated carbocycles. The van der Waals surface area contributed by atoms with Crippen molar-refractivity contribution in [2.24, 2.45) is 5.41 Å². The third-order valence-electron chi connectivity index (χ3n) is 5.00. The average molecular weight is 447 g/mol. The summed E-state index contributed by atoms with van der Waals surface area (Å²) in [6, 6.07) is 16.8. The van der Waals surface area contributed by atoms with E-state index in [2.05, 4.69) is 46.3 Å². The number of benzene rings is 2. The van der Waals surface area contributed by atoms with E-state index in [0.29, 0.717) is 6.61 Å². The van der Waals surface area contributed by atoms with Crippen molar-refractivity contribution in [2.45, 2.75) is 51.3 Å². The summed E-state index contributed by atoms with van der Waals surface area (Å²) in [5.41, 5.74) is 3.17. The van der Waals surface area contributed by atoms with Crippen molar-refractivity contribution >= 4 is 21.9 Å². The van der Waals surface area contributed by atoms with E-state index in [0.717, 1.165) is 48.7 Å². The molecule has 0 N–H and O–H groups in total. The molecule has 2 rings (SSSR count). The number of carbonyl (C=O) groups excluding carboxylic acids is 1. The number of ether oxygens (including phenoxy) is 2. The number of halogens is 1. The molecule has 0 fully saturated rings. The number of unbranched alkanes of at least 4 members (excludes halogenated alkanes) is 3. The Bertz CT molecular complexity index is 738. The maximum atomic E-state index is 11.7. The predicted molar refractivity (Wildman–Crippen MR) is 119 cm³/mol. The van der Waals surface area contributed by atoms with Gasteiger partial charge in [0.25, 0.3) is 0 Å². The van der Waals surface area contributed by atoms with Crippen LogP contribution in [-0.4, -0.2) is 19.7 Å². The number of alkyl halides is 1. The van der Waals surface area contributed by atoms with Gasteiger partial charge in [-0.05, 0) is 43.9 Å². The highest BCUT2D eigenvalue weighted by molar-refractivity contribution is 9.08. The van der Waals surface area contributed by atoms with E-state index in [1.807, 2.05) is 32.0 Å². The van der Waals surface area contributed by atoms with E-state index in [9.17, 15) is 4.79 Å². The lowest BCUT2D eigenvalue weighted by molar-refractivity contribution is -0.151. The second-order valence-corrected chi connectivity index (χ2v) is 8.28. The Hall–Kier alpha value is -1.81. The molecule has 0 unspecified atom stereocenters. The fourth-order valence-electron chi connectivity index (χ4n) is 3.19. The molecule has 3 nitrogen and oxygen atoms in total. The molecule has 0 amide bonds. The second kappa shape index (κ2) is 11.3. The highest BCUT2D eigenvalue weighted by atomic mass is 79.9. The van der Waals surface area contributed by atoms with Gasteiger partial charge in [0.15, 0.2) is 0 Å². The summed E-state index contributed by atoms with van der Waals surface area (Å²) < 4.78 is 10.9. The summed E-state index contributed by atoms with van der Waals surface area (Å²) in [5, 5.41) is 0.863. The number of hydrogen-bond donors (Lipinski definition) is 0. The van der Waals surface area contributed by atoms with Crippen molar-refractivity contribution in [1.82, 2.24) is 0 Å². The Balaban J connectivity index is 1.77. The summed E-state index contributed by atoms with van der Waals surface area (Å²) in [5.74, 6) is 0.803. The van der Waals surface area contributed by atoms with Crippen molar-refractivity contribution < 1.29 is 14.3 Å². The van der Waals surface area contributed by atoms with E-state index in [1.165, 1.54) is 18.2 Å². The minimum atomic E-state index is -0.394. The number of methoxy groups -OCH3 is 1. The Morgan fingerprint density at radius 2 is 1.64 bits per heavy atom. The quantitative estimate of drug-likeness (QED) is 0.216. The molecule has 0 radical (unpaired) electrons. The highest BCUT2D eigenvalue weighted by Crippen LogP contribution is 2.30. The molecule has 0 heterocycles. The maximum absolute atomic E-state index is 11.7. The van der Waals surface area contributed by atoms with Crippen LogP contribution in [-0.2, 0) is 14.9 Å². The largest absolute Gasteiger partial charge is 0.493 e. The Kier molecular flexibility index (Phi) is 9.04. The van der Waals surface area contributed by atoms with Gasteiger partial charge in [-0.1, -0.05) is 77.7 Å². The zero-order valence-corrected chi connectivity index (χ0v) is 18.8. The van der Waals surface area contributed by atoms with Gasteiger partial charge >= 0.3 is 5.97 Å². The van der Waals surface area contributed by atoms with Crippen LogP contribution < -0.4 is 4.74 Å². The van der Waals surface area contributed by atoms with Crippen LogP contribution in [0.1, 0.15) is 51.5 Å². The Labute approximate surface area is 177 Å². The van der Waals surface area contributed by atoms with Crippen molar-refractivity contribution in [2.75, 3.05) is 13.7 Å². The monoisotopic (exact) mass is 446 g/mol. The van der Waals surface area contributed by atoms with Gasteiger partial charge in [0.1, 0.15) is 5.75 Å². The number of rotatable bonds is 11. The summed E-state index contributed by atoms with van der Waals surface area (Å²) >= 11 is 3.49. The van der Waals surface area contributed by atoms with Gasteiger partial charge in [-0.3, -0.25) is 4.79 Å². The molecule has 0 aliphatic carbocycles. The summed E-state index contributed by atoms with van der Waals surface area (Å²) in [6.45, 7) is 4.60. The second-order valence-electron chi connectivity index (χ2n) is 7.71. The van der Waals surface area contributed by atoms with Gasteiger partial charge in [-0.2, -0.15) is 0 Å². The van der Waals surface area contributed by atoms with Crippen molar-refractivity contribution in [3.63, 3.8) is 0 Å². The first kappa shape index (κ1) is 22.5. The first-order valence-electron chi connectivity index (χ1n) is 9.93. The minimum Gasteiger partial charge on any atom is -0.493 e. The van der Waals surface area contributed by atoms with Gasteiger partial charge in [0.2, 0.25) is 0 Å². The summed E-state index contributed by atoms with van der Waals surface area (Å²) in [6.07, 6.45) is 5.08. The highest BCUT2D eigenvalue weighted by Gasteiger charge is 2.27. The fraction of sp³-hybridized carbons (Fsp3) is 0.458. The van der Waals surface area contributed by atoms with Crippen LogP contribution in [0.2, 0.25) is 0 Å². The van der Waals surface area contributed by atoms with Gasteiger partial charge < -0.3 is 9.47 Å². The summed E-state index contributed by atoms with van der Waals surface area (Å²) in [7, 11) is 1.45. The van der Waals surface area contributed by atoms with E-state index in [4.69, 9.17) is 9.47 Å². The van der Waals surface area contributed by atoms with Gasteiger partial charge in [-0.25, -0.2) is 0 Å². The van der Waals surface area contributed by atoms with E-state index < -0.39 is 5.41 Å². The SMILES string of the molecule is COC(=O)C(C)(C)CCCCCCOc1ccccc1-c1ccc(CBr)cc1. The Morgan fingerprint density at radius 3 is 2.32 bits per heavy atom. The lowest BCUT2D eigenvalue weighted by Crippen LogP contribution is -2.25. The number of para-hydroxylation sites is 1. The standard InChI is InChI=1S/C24H31BrO3/c1-24(2,23(26)27-3)16-8-4-5-9-17-28-22-11-7-6-10-21(22)20-14-12-19(18-25)13-15-20/h6-7,10-15H,4-5,8-9,16-18H2,1-3H3. The predicted octanol–water partition coefficient (Wildman–Crippen LogP) is 6.78. The molecule has 0 saturated heterocycles. The molecule has 4 heteroatoms. The average Bonchev–Trinajstić information content (AvgIpc) is 2.72. The molecule has 2 aromatic rings. The van der Waals surface area contributed by atoms with Crippen LogP contribution in [0, 0.1) is 5.41 Å². The van der Waals surface area contributed by atoms with E-state index >= 15 is 0 Å². The number of esters is 1. The first-order chi connectivity index (χ1) is 13.5. The van der Waals surface area contributed by atoms with Crippen LogP contribution in [0.3, 0.4) is 0 Å². The third-order valence-corrected chi connectivity index (χ3v) is 5.65. The molecule has 0 spiro atoms. The zero-order valence-electron chi connectivity index (χ0n) is 17.2. The normalized spacial score (nSPS) is 11.3. The van der Waals surface area contributed by atoms with Crippen molar-refractivity contribution in [3.05, 3.63) is 54.1 Å². The van der Waals surface area contributed by atoms with Gasteiger partial charge in [0.05, 0.1) is 19.1 Å². The Morgan fingerprint density at radius 1 is 0.964 bits per heavy atom. The molecule has 0 aromatic heterocycles. The smallest absolute Gasteiger partial charge is 0.311 e. The topological polar surface area (TPSA) is 35.5 Å². The first-order valence-corrected chi connectivity index (χ1v) is 11.1. The van der Waals surface area contributed by atoms with Crippen LogP contribution in [0.25, 0.3) is 11.1 Å². The van der Waals surface area contributed by atoms with Crippen LogP contribution >= 0.6 is 15.9 Å². The zero-order chi connectivity index (χ0) is 20.4. The molecule has 0 aliphatic heterocycles. The number of hydrogen-bond acceptors (Lipinski definition) is 3.